The lowest BCUT2D eigenvalue weighted by Gasteiger charge is -2.54. The first-order valence-electron chi connectivity index (χ1n) is 10.9. The lowest BCUT2D eigenvalue weighted by atomic mass is 9.57. The van der Waals surface area contributed by atoms with Crippen LogP contribution < -0.4 is 15.4 Å². The van der Waals surface area contributed by atoms with E-state index in [1.807, 2.05) is 7.05 Å². The van der Waals surface area contributed by atoms with Gasteiger partial charge in [-0.3, -0.25) is 4.99 Å². The summed E-state index contributed by atoms with van der Waals surface area (Å²) >= 11 is 0. The number of benzene rings is 1. The topological polar surface area (TPSA) is 64.1 Å². The average molecular weight is 402 g/mol. The molecule has 6 heteroatoms. The Morgan fingerprint density at radius 1 is 1.28 bits per heavy atom. The first-order chi connectivity index (χ1) is 14.0. The molecule has 4 unspecified atom stereocenters. The molecule has 3 fully saturated rings. The normalized spacial score (nSPS) is 30.6. The van der Waals surface area contributed by atoms with E-state index >= 15 is 0 Å². The fraction of sp³-hybridized carbons (Fsp3) is 0.696. The summed E-state index contributed by atoms with van der Waals surface area (Å²) in [5.41, 5.74) is 2.48. The fourth-order valence-corrected chi connectivity index (χ4v) is 5.00. The molecule has 0 spiro atoms. The van der Waals surface area contributed by atoms with E-state index in [9.17, 15) is 0 Å². The highest BCUT2D eigenvalue weighted by Gasteiger charge is 2.59. The Bertz CT molecular complexity index is 743. The van der Waals surface area contributed by atoms with E-state index in [0.717, 1.165) is 49.9 Å². The molecule has 3 aliphatic rings. The predicted octanol–water partition coefficient (Wildman–Crippen LogP) is 2.89. The van der Waals surface area contributed by atoms with Crippen molar-refractivity contribution in [3.05, 3.63) is 29.3 Å². The van der Waals surface area contributed by atoms with Gasteiger partial charge in [-0.15, -0.1) is 0 Å². The van der Waals surface area contributed by atoms with Gasteiger partial charge in [-0.2, -0.15) is 0 Å². The van der Waals surface area contributed by atoms with Crippen LogP contribution in [0, 0.1) is 24.2 Å². The second kappa shape index (κ2) is 8.52. The van der Waals surface area contributed by atoms with E-state index in [1.165, 1.54) is 5.56 Å². The van der Waals surface area contributed by atoms with E-state index in [4.69, 9.17) is 14.2 Å². The SMILES string of the molecule is CN=C(NCc1ccc(C)cc1OCC1CCOC1)NC1C2CCOC2C1(C)C. The molecule has 0 radical (unpaired) electrons. The van der Waals surface area contributed by atoms with Gasteiger partial charge in [0.15, 0.2) is 5.96 Å². The number of ether oxygens (including phenoxy) is 3. The first-order valence-corrected chi connectivity index (χ1v) is 10.9. The third kappa shape index (κ3) is 4.24. The highest BCUT2D eigenvalue weighted by Crippen LogP contribution is 2.52. The van der Waals surface area contributed by atoms with Gasteiger partial charge < -0.3 is 24.8 Å². The van der Waals surface area contributed by atoms with Crippen LogP contribution in [-0.4, -0.2) is 51.6 Å². The maximum Gasteiger partial charge on any atom is 0.191 e. The van der Waals surface area contributed by atoms with Crippen LogP contribution in [0.3, 0.4) is 0 Å². The molecule has 2 N–H and O–H groups in total. The minimum Gasteiger partial charge on any atom is -0.493 e. The van der Waals surface area contributed by atoms with E-state index in [1.54, 1.807) is 0 Å². The summed E-state index contributed by atoms with van der Waals surface area (Å²) in [6.07, 6.45) is 2.58. The van der Waals surface area contributed by atoms with Crippen molar-refractivity contribution in [2.45, 2.75) is 52.3 Å². The van der Waals surface area contributed by atoms with Crippen LogP contribution in [0.5, 0.6) is 5.75 Å². The lowest BCUT2D eigenvalue weighted by Crippen LogP contribution is -2.67. The number of rotatable bonds is 6. The molecule has 2 saturated heterocycles. The zero-order valence-electron chi connectivity index (χ0n) is 18.2. The number of aryl methyl sites for hydroxylation is 1. The van der Waals surface area contributed by atoms with E-state index in [2.05, 4.69) is 54.6 Å². The van der Waals surface area contributed by atoms with Crippen molar-refractivity contribution in [2.75, 3.05) is 33.5 Å². The summed E-state index contributed by atoms with van der Waals surface area (Å²) in [5.74, 6) is 2.86. The molecule has 6 nitrogen and oxygen atoms in total. The number of fused-ring (bicyclic) bond motifs is 1. The van der Waals surface area contributed by atoms with Gasteiger partial charge in [0.1, 0.15) is 5.75 Å². The molecule has 0 aromatic heterocycles. The summed E-state index contributed by atoms with van der Waals surface area (Å²) in [4.78, 5) is 4.46. The van der Waals surface area contributed by atoms with Crippen LogP contribution in [-0.2, 0) is 16.0 Å². The Balaban J connectivity index is 1.36. The smallest absolute Gasteiger partial charge is 0.191 e. The molecule has 2 aliphatic heterocycles. The highest BCUT2D eigenvalue weighted by atomic mass is 16.5. The molecule has 1 aromatic rings. The van der Waals surface area contributed by atoms with Gasteiger partial charge in [-0.05, 0) is 31.4 Å². The number of nitrogens with one attached hydrogen (secondary N) is 2. The van der Waals surface area contributed by atoms with E-state index in [-0.39, 0.29) is 5.41 Å². The largest absolute Gasteiger partial charge is 0.493 e. The molecular formula is C23H35N3O3. The minimum absolute atomic E-state index is 0.125. The maximum atomic E-state index is 6.17. The van der Waals surface area contributed by atoms with Crippen LogP contribution in [0.1, 0.15) is 37.8 Å². The van der Waals surface area contributed by atoms with Gasteiger partial charge in [0.25, 0.3) is 0 Å². The molecule has 1 aliphatic carbocycles. The van der Waals surface area contributed by atoms with Crippen molar-refractivity contribution in [3.8, 4) is 5.75 Å². The third-order valence-electron chi connectivity index (χ3n) is 6.78. The first kappa shape index (κ1) is 20.5. The Labute approximate surface area is 174 Å². The van der Waals surface area contributed by atoms with E-state index in [0.29, 0.717) is 37.1 Å². The van der Waals surface area contributed by atoms with Crippen LogP contribution in [0.15, 0.2) is 23.2 Å². The Hall–Kier alpha value is -1.79. The van der Waals surface area contributed by atoms with Crippen LogP contribution >= 0.6 is 0 Å². The summed E-state index contributed by atoms with van der Waals surface area (Å²) < 4.78 is 17.6. The predicted molar refractivity (Wildman–Crippen MR) is 114 cm³/mol. The number of hydrogen-bond donors (Lipinski definition) is 2. The fourth-order valence-electron chi connectivity index (χ4n) is 5.00. The molecule has 0 bridgehead atoms. The number of guanidine groups is 1. The Morgan fingerprint density at radius 2 is 2.14 bits per heavy atom. The molecule has 2 heterocycles. The monoisotopic (exact) mass is 401 g/mol. The van der Waals surface area contributed by atoms with Crippen molar-refractivity contribution in [3.63, 3.8) is 0 Å². The zero-order chi connectivity index (χ0) is 20.4. The van der Waals surface area contributed by atoms with Gasteiger partial charge >= 0.3 is 0 Å². The molecule has 160 valence electrons. The standard InChI is InChI=1S/C23H35N3O3/c1-15-5-6-17(19(11-15)29-14-16-7-9-27-13-16)12-25-22(24-4)26-20-18-8-10-28-21(18)23(20,2)3/h5-6,11,16,18,20-21H,7-10,12-14H2,1-4H3,(H2,24,25,26). The Morgan fingerprint density at radius 3 is 2.90 bits per heavy atom. The van der Waals surface area contributed by atoms with E-state index < -0.39 is 0 Å². The van der Waals surface area contributed by atoms with Crippen LogP contribution in [0.2, 0.25) is 0 Å². The quantitative estimate of drug-likeness (QED) is 0.567. The summed E-state index contributed by atoms with van der Waals surface area (Å²) in [7, 11) is 1.83. The molecular weight excluding hydrogens is 366 g/mol. The summed E-state index contributed by atoms with van der Waals surface area (Å²) in [5, 5.41) is 7.13. The molecule has 4 atom stereocenters. The summed E-state index contributed by atoms with van der Waals surface area (Å²) in [6, 6.07) is 6.79. The average Bonchev–Trinajstić information content (AvgIpc) is 3.38. The van der Waals surface area contributed by atoms with Gasteiger partial charge in [0.2, 0.25) is 0 Å². The lowest BCUT2D eigenvalue weighted by molar-refractivity contribution is -0.106. The molecule has 4 rings (SSSR count). The molecule has 1 aromatic carbocycles. The third-order valence-corrected chi connectivity index (χ3v) is 6.78. The maximum absolute atomic E-state index is 6.17. The number of nitrogens with zero attached hydrogens (tertiary/aromatic N) is 1. The van der Waals surface area contributed by atoms with Crippen molar-refractivity contribution in [1.82, 2.24) is 10.6 Å². The molecule has 29 heavy (non-hydrogen) atoms. The zero-order valence-corrected chi connectivity index (χ0v) is 18.2. The number of hydrogen-bond acceptors (Lipinski definition) is 4. The van der Waals surface area contributed by atoms with Crippen molar-refractivity contribution in [1.29, 1.82) is 0 Å². The van der Waals surface area contributed by atoms with Gasteiger partial charge in [-0.25, -0.2) is 0 Å². The van der Waals surface area contributed by atoms with Crippen molar-refractivity contribution >= 4 is 5.96 Å². The van der Waals surface area contributed by atoms with Gasteiger partial charge in [0, 0.05) is 55.7 Å². The van der Waals surface area contributed by atoms with Crippen LogP contribution in [0.25, 0.3) is 0 Å². The Kier molecular flexibility index (Phi) is 6.02. The van der Waals surface area contributed by atoms with Gasteiger partial charge in [-0.1, -0.05) is 26.0 Å². The second-order valence-electron chi connectivity index (χ2n) is 9.26. The van der Waals surface area contributed by atoms with Gasteiger partial charge in [0.05, 0.1) is 19.3 Å². The summed E-state index contributed by atoms with van der Waals surface area (Å²) in [6.45, 7) is 10.6. The molecule has 0 amide bonds. The minimum atomic E-state index is 0.125. The number of aliphatic imine (C=N–C) groups is 1. The highest BCUT2D eigenvalue weighted by molar-refractivity contribution is 5.80. The van der Waals surface area contributed by atoms with Crippen LogP contribution in [0.4, 0.5) is 0 Å². The van der Waals surface area contributed by atoms with Crippen molar-refractivity contribution < 1.29 is 14.2 Å². The van der Waals surface area contributed by atoms with Crippen molar-refractivity contribution in [2.24, 2.45) is 22.2 Å². The second-order valence-corrected chi connectivity index (χ2v) is 9.26. The molecule has 1 saturated carbocycles.